The van der Waals surface area contributed by atoms with Crippen LogP contribution >= 0.6 is 0 Å². The van der Waals surface area contributed by atoms with Crippen molar-refractivity contribution in [3.8, 4) is 0 Å². The lowest BCUT2D eigenvalue weighted by molar-refractivity contribution is -0.156. The smallest absolute Gasteiger partial charge is 0.309 e. The molecule has 1 aromatic rings. The molecule has 2 fully saturated rings. The molecule has 1 aliphatic heterocycles. The zero-order valence-electron chi connectivity index (χ0n) is 15.2. The summed E-state index contributed by atoms with van der Waals surface area (Å²) in [6.45, 7) is 2.21. The number of benzene rings is 1. The molecule has 1 aromatic carbocycles. The normalized spacial score (nSPS) is 25.3. The van der Waals surface area contributed by atoms with Gasteiger partial charge in [0.15, 0.2) is 0 Å². The standard InChI is InChI=1S/C22H30O3/c1-2-7-16-10-6-11-20(17-8-4-3-5-9-17)21(16)13-12-19-14-18(23)15-22(24)25-19/h6,10-13,17-19,23H,2-5,7-9,14-15H2,1H3/b13-12+. The van der Waals surface area contributed by atoms with Crippen LogP contribution in [0.15, 0.2) is 24.3 Å². The largest absolute Gasteiger partial charge is 0.458 e. The van der Waals surface area contributed by atoms with E-state index < -0.39 is 6.10 Å². The Bertz CT molecular complexity index is 614. The lowest BCUT2D eigenvalue weighted by Gasteiger charge is -2.26. The fraction of sp³-hybridized carbons (Fsp3) is 0.591. The van der Waals surface area contributed by atoms with Gasteiger partial charge in [-0.1, -0.05) is 56.9 Å². The highest BCUT2D eigenvalue weighted by Crippen LogP contribution is 2.36. The summed E-state index contributed by atoms with van der Waals surface area (Å²) < 4.78 is 5.38. The molecule has 0 radical (unpaired) electrons. The second kappa shape index (κ2) is 8.66. The monoisotopic (exact) mass is 342 g/mol. The van der Waals surface area contributed by atoms with Gasteiger partial charge < -0.3 is 9.84 Å². The first-order valence-electron chi connectivity index (χ1n) is 9.85. The number of rotatable bonds is 5. The molecule has 2 unspecified atom stereocenters. The highest BCUT2D eigenvalue weighted by atomic mass is 16.5. The van der Waals surface area contributed by atoms with Gasteiger partial charge in [-0.25, -0.2) is 0 Å². The Hall–Kier alpha value is -1.61. The molecule has 1 N–H and O–H groups in total. The maximum atomic E-state index is 11.6. The zero-order valence-corrected chi connectivity index (χ0v) is 15.2. The van der Waals surface area contributed by atoms with Gasteiger partial charge in [0, 0.05) is 6.42 Å². The van der Waals surface area contributed by atoms with Crippen LogP contribution in [0.1, 0.15) is 80.9 Å². The first kappa shape index (κ1) is 18.2. The molecule has 2 aliphatic rings. The number of ether oxygens (including phenoxy) is 1. The highest BCUT2D eigenvalue weighted by molar-refractivity contribution is 5.71. The minimum Gasteiger partial charge on any atom is -0.458 e. The van der Waals surface area contributed by atoms with Crippen molar-refractivity contribution in [3.63, 3.8) is 0 Å². The lowest BCUT2D eigenvalue weighted by atomic mass is 9.80. The van der Waals surface area contributed by atoms with Gasteiger partial charge in [-0.15, -0.1) is 0 Å². The molecule has 0 bridgehead atoms. The summed E-state index contributed by atoms with van der Waals surface area (Å²) in [4.78, 5) is 11.6. The van der Waals surface area contributed by atoms with Gasteiger partial charge in [0.2, 0.25) is 0 Å². The van der Waals surface area contributed by atoms with Crippen molar-refractivity contribution >= 4 is 12.0 Å². The van der Waals surface area contributed by atoms with Crippen LogP contribution in [0.5, 0.6) is 0 Å². The number of carbonyl (C=O) groups excluding carboxylic acids is 1. The van der Waals surface area contributed by atoms with Crippen molar-refractivity contribution in [2.24, 2.45) is 0 Å². The van der Waals surface area contributed by atoms with Crippen molar-refractivity contribution in [1.82, 2.24) is 0 Å². The predicted octanol–water partition coefficient (Wildman–Crippen LogP) is 4.77. The average Bonchev–Trinajstić information content (AvgIpc) is 2.61. The maximum Gasteiger partial charge on any atom is 0.309 e. The van der Waals surface area contributed by atoms with E-state index >= 15 is 0 Å². The molecule has 25 heavy (non-hydrogen) atoms. The molecule has 1 aliphatic carbocycles. The number of hydrogen-bond acceptors (Lipinski definition) is 3. The van der Waals surface area contributed by atoms with Crippen LogP contribution in [0.3, 0.4) is 0 Å². The Kier molecular flexibility index (Phi) is 6.30. The van der Waals surface area contributed by atoms with E-state index in [-0.39, 0.29) is 18.5 Å². The van der Waals surface area contributed by atoms with Crippen LogP contribution in [0, 0.1) is 0 Å². The summed E-state index contributed by atoms with van der Waals surface area (Å²) in [5.74, 6) is 0.340. The molecule has 0 amide bonds. The van der Waals surface area contributed by atoms with Crippen molar-refractivity contribution in [2.75, 3.05) is 0 Å². The van der Waals surface area contributed by atoms with E-state index in [0.29, 0.717) is 12.3 Å². The second-order valence-electron chi connectivity index (χ2n) is 7.49. The molecule has 3 heteroatoms. The van der Waals surface area contributed by atoms with Crippen LogP contribution in [0.4, 0.5) is 0 Å². The lowest BCUT2D eigenvalue weighted by Crippen LogP contribution is -2.31. The molecular formula is C22H30O3. The Morgan fingerprint density at radius 2 is 2.04 bits per heavy atom. The van der Waals surface area contributed by atoms with Crippen molar-refractivity contribution in [1.29, 1.82) is 0 Å². The topological polar surface area (TPSA) is 46.5 Å². The minimum atomic E-state index is -0.584. The molecule has 2 atom stereocenters. The van der Waals surface area contributed by atoms with E-state index in [9.17, 15) is 9.90 Å². The van der Waals surface area contributed by atoms with Gasteiger partial charge in [0.25, 0.3) is 0 Å². The van der Waals surface area contributed by atoms with Crippen molar-refractivity contribution in [3.05, 3.63) is 41.0 Å². The van der Waals surface area contributed by atoms with E-state index in [4.69, 9.17) is 4.74 Å². The van der Waals surface area contributed by atoms with Crippen LogP contribution in [0.2, 0.25) is 0 Å². The Labute approximate surface area is 151 Å². The molecule has 1 saturated heterocycles. The summed E-state index contributed by atoms with van der Waals surface area (Å²) in [6, 6.07) is 6.68. The van der Waals surface area contributed by atoms with Crippen molar-refractivity contribution in [2.45, 2.75) is 82.8 Å². The van der Waals surface area contributed by atoms with Gasteiger partial charge in [0.1, 0.15) is 6.10 Å². The SMILES string of the molecule is CCCc1cccc(C2CCCCC2)c1/C=C/C1CC(O)CC(=O)O1. The second-order valence-corrected chi connectivity index (χ2v) is 7.49. The summed E-state index contributed by atoms with van der Waals surface area (Å²) in [5.41, 5.74) is 4.14. The van der Waals surface area contributed by atoms with Gasteiger partial charge >= 0.3 is 5.97 Å². The number of aryl methyl sites for hydroxylation is 1. The molecule has 1 heterocycles. The van der Waals surface area contributed by atoms with Crippen molar-refractivity contribution < 1.29 is 14.6 Å². The van der Waals surface area contributed by atoms with Crippen LogP contribution in [-0.2, 0) is 16.0 Å². The summed E-state index contributed by atoms with van der Waals surface area (Å²) in [5, 5.41) is 9.81. The molecule has 1 saturated carbocycles. The number of carbonyl (C=O) groups is 1. The molecule has 136 valence electrons. The Morgan fingerprint density at radius 1 is 1.24 bits per heavy atom. The molecule has 0 spiro atoms. The first-order valence-corrected chi connectivity index (χ1v) is 9.85. The highest BCUT2D eigenvalue weighted by Gasteiger charge is 2.25. The third kappa shape index (κ3) is 4.72. The van der Waals surface area contributed by atoms with Crippen LogP contribution in [0.25, 0.3) is 6.08 Å². The van der Waals surface area contributed by atoms with E-state index in [1.54, 1.807) is 0 Å². The molecule has 3 nitrogen and oxygen atoms in total. The molecule has 3 rings (SSSR count). The van der Waals surface area contributed by atoms with Gasteiger partial charge in [-0.3, -0.25) is 4.79 Å². The fourth-order valence-electron chi connectivity index (χ4n) is 4.22. The number of cyclic esters (lactones) is 1. The first-order chi connectivity index (χ1) is 12.2. The maximum absolute atomic E-state index is 11.6. The minimum absolute atomic E-state index is 0.115. The van der Waals surface area contributed by atoms with E-state index in [1.165, 1.54) is 48.8 Å². The number of hydrogen-bond donors (Lipinski definition) is 1. The van der Waals surface area contributed by atoms with E-state index in [2.05, 4.69) is 31.2 Å². The average molecular weight is 342 g/mol. The Balaban J connectivity index is 1.86. The summed E-state index contributed by atoms with van der Waals surface area (Å²) >= 11 is 0. The number of aliphatic hydroxyl groups excluding tert-OH is 1. The summed E-state index contributed by atoms with van der Waals surface area (Å²) in [7, 11) is 0. The molecular weight excluding hydrogens is 312 g/mol. The number of aliphatic hydroxyl groups is 1. The fourth-order valence-corrected chi connectivity index (χ4v) is 4.22. The van der Waals surface area contributed by atoms with Gasteiger partial charge in [-0.2, -0.15) is 0 Å². The quantitative estimate of drug-likeness (QED) is 0.784. The molecule has 0 aromatic heterocycles. The van der Waals surface area contributed by atoms with Crippen LogP contribution < -0.4 is 0 Å². The predicted molar refractivity (Wildman–Crippen MR) is 100 cm³/mol. The Morgan fingerprint density at radius 3 is 2.76 bits per heavy atom. The van der Waals surface area contributed by atoms with E-state index in [1.807, 2.05) is 6.08 Å². The van der Waals surface area contributed by atoms with Gasteiger partial charge in [0.05, 0.1) is 12.5 Å². The summed E-state index contributed by atoms with van der Waals surface area (Å²) in [6.07, 6.45) is 12.5. The van der Waals surface area contributed by atoms with Crippen LogP contribution in [-0.4, -0.2) is 23.3 Å². The van der Waals surface area contributed by atoms with E-state index in [0.717, 1.165) is 12.8 Å². The van der Waals surface area contributed by atoms with Gasteiger partial charge in [-0.05, 0) is 47.9 Å². The third-order valence-corrected chi connectivity index (χ3v) is 5.46. The third-order valence-electron chi connectivity index (χ3n) is 5.46. The number of esters is 1. The zero-order chi connectivity index (χ0) is 17.6.